The van der Waals surface area contributed by atoms with E-state index < -0.39 is 5.97 Å². The van der Waals surface area contributed by atoms with Gasteiger partial charge in [0.1, 0.15) is 11.6 Å². The smallest absolute Gasteiger partial charge is 0.306 e. The number of carboxylic acid groups (broad SMARTS) is 1. The first kappa shape index (κ1) is 11.9. The number of hydrogen-bond donors (Lipinski definition) is 1. The van der Waals surface area contributed by atoms with Gasteiger partial charge in [-0.05, 0) is 30.7 Å². The summed E-state index contributed by atoms with van der Waals surface area (Å²) in [6, 6.07) is 6.18. The molecule has 5 heteroatoms. The van der Waals surface area contributed by atoms with Crippen LogP contribution in [-0.4, -0.2) is 20.6 Å². The second-order valence-electron chi connectivity index (χ2n) is 4.76. The highest BCUT2D eigenvalue weighted by atomic mass is 19.1. The summed E-state index contributed by atoms with van der Waals surface area (Å²) in [6.45, 7) is 0.638. The molecule has 3 rings (SSSR count). The first-order chi connectivity index (χ1) is 9.15. The minimum Gasteiger partial charge on any atom is -0.481 e. The van der Waals surface area contributed by atoms with Crippen LogP contribution in [0.15, 0.2) is 30.5 Å². The average Bonchev–Trinajstić information content (AvgIpc) is 2.82. The summed E-state index contributed by atoms with van der Waals surface area (Å²) in [6.07, 6.45) is 2.82. The van der Waals surface area contributed by atoms with E-state index in [0.717, 1.165) is 17.1 Å². The molecule has 1 unspecified atom stereocenters. The Morgan fingerprint density at radius 1 is 1.37 bits per heavy atom. The van der Waals surface area contributed by atoms with Crippen molar-refractivity contribution in [2.75, 3.05) is 0 Å². The van der Waals surface area contributed by atoms with Crippen LogP contribution < -0.4 is 0 Å². The highest BCUT2D eigenvalue weighted by Gasteiger charge is 2.26. The van der Waals surface area contributed by atoms with Gasteiger partial charge in [0, 0.05) is 30.4 Å². The molecule has 0 spiro atoms. The van der Waals surface area contributed by atoms with Crippen LogP contribution in [0.2, 0.25) is 0 Å². The zero-order valence-electron chi connectivity index (χ0n) is 10.2. The third-order valence-corrected chi connectivity index (χ3v) is 3.55. The summed E-state index contributed by atoms with van der Waals surface area (Å²) in [5, 5.41) is 9.05. The van der Waals surface area contributed by atoms with E-state index in [1.54, 1.807) is 18.3 Å². The lowest BCUT2D eigenvalue weighted by Gasteiger charge is -2.22. The Labute approximate surface area is 109 Å². The topological polar surface area (TPSA) is 55.1 Å². The summed E-state index contributed by atoms with van der Waals surface area (Å²) < 4.78 is 14.9. The normalized spacial score (nSPS) is 18.1. The maximum absolute atomic E-state index is 12.9. The van der Waals surface area contributed by atoms with Crippen molar-refractivity contribution < 1.29 is 14.3 Å². The molecule has 98 valence electrons. The fraction of sp³-hybridized carbons (Fsp3) is 0.286. The number of benzene rings is 1. The average molecular weight is 260 g/mol. The number of nitrogens with zero attached hydrogens (tertiary/aromatic N) is 2. The molecule has 0 bridgehead atoms. The molecule has 2 aromatic rings. The second-order valence-corrected chi connectivity index (χ2v) is 4.76. The van der Waals surface area contributed by atoms with Crippen molar-refractivity contribution in [3.05, 3.63) is 42.0 Å². The fourth-order valence-corrected chi connectivity index (χ4v) is 2.50. The standard InChI is InChI=1S/C14H13FN2O2/c15-11-3-1-9(2-4-11)13-16-8-12-7-10(14(18)19)5-6-17(12)13/h1-4,8,10H,5-7H2,(H,18,19). The molecule has 19 heavy (non-hydrogen) atoms. The van der Waals surface area contributed by atoms with Crippen molar-refractivity contribution in [3.8, 4) is 11.4 Å². The van der Waals surface area contributed by atoms with Crippen molar-refractivity contribution in [2.24, 2.45) is 5.92 Å². The molecular formula is C14H13FN2O2. The molecule has 0 aliphatic carbocycles. The second kappa shape index (κ2) is 4.50. The maximum Gasteiger partial charge on any atom is 0.306 e. The predicted octanol–water partition coefficient (Wildman–Crippen LogP) is 2.34. The zero-order valence-corrected chi connectivity index (χ0v) is 10.2. The van der Waals surface area contributed by atoms with Gasteiger partial charge in [0.15, 0.2) is 0 Å². The molecule has 0 saturated heterocycles. The molecule has 0 radical (unpaired) electrons. The van der Waals surface area contributed by atoms with Gasteiger partial charge in [-0.25, -0.2) is 9.37 Å². The zero-order chi connectivity index (χ0) is 13.4. The van der Waals surface area contributed by atoms with Crippen LogP contribution in [0.3, 0.4) is 0 Å². The van der Waals surface area contributed by atoms with Gasteiger partial charge in [0.2, 0.25) is 0 Å². The number of rotatable bonds is 2. The lowest BCUT2D eigenvalue weighted by molar-refractivity contribution is -0.142. The largest absolute Gasteiger partial charge is 0.481 e. The minimum absolute atomic E-state index is 0.278. The Hall–Kier alpha value is -2.17. The van der Waals surface area contributed by atoms with E-state index in [4.69, 9.17) is 5.11 Å². The van der Waals surface area contributed by atoms with E-state index >= 15 is 0 Å². The summed E-state index contributed by atoms with van der Waals surface area (Å²) >= 11 is 0. The van der Waals surface area contributed by atoms with E-state index in [0.29, 0.717) is 19.4 Å². The molecule has 1 aliphatic rings. The number of hydrogen-bond acceptors (Lipinski definition) is 2. The molecular weight excluding hydrogens is 247 g/mol. The van der Waals surface area contributed by atoms with Gasteiger partial charge in [0.05, 0.1) is 5.92 Å². The van der Waals surface area contributed by atoms with E-state index in [-0.39, 0.29) is 11.7 Å². The van der Waals surface area contributed by atoms with Gasteiger partial charge in [-0.1, -0.05) is 0 Å². The molecule has 1 aromatic heterocycles. The number of carbonyl (C=O) groups is 1. The predicted molar refractivity (Wildman–Crippen MR) is 67.1 cm³/mol. The Morgan fingerprint density at radius 3 is 2.79 bits per heavy atom. The van der Waals surface area contributed by atoms with Gasteiger partial charge in [-0.15, -0.1) is 0 Å². The highest BCUT2D eigenvalue weighted by molar-refractivity contribution is 5.70. The monoisotopic (exact) mass is 260 g/mol. The number of imidazole rings is 1. The first-order valence-electron chi connectivity index (χ1n) is 6.18. The molecule has 0 fully saturated rings. The molecule has 1 N–H and O–H groups in total. The Balaban J connectivity index is 1.95. The summed E-state index contributed by atoms with van der Waals surface area (Å²) in [5.74, 6) is -0.583. The van der Waals surface area contributed by atoms with E-state index in [1.807, 2.05) is 4.57 Å². The minimum atomic E-state index is -0.754. The molecule has 4 nitrogen and oxygen atoms in total. The van der Waals surface area contributed by atoms with Crippen molar-refractivity contribution in [1.82, 2.24) is 9.55 Å². The highest BCUT2D eigenvalue weighted by Crippen LogP contribution is 2.27. The van der Waals surface area contributed by atoms with Gasteiger partial charge < -0.3 is 9.67 Å². The van der Waals surface area contributed by atoms with Crippen molar-refractivity contribution in [2.45, 2.75) is 19.4 Å². The lowest BCUT2D eigenvalue weighted by Crippen LogP contribution is -2.25. The van der Waals surface area contributed by atoms with Crippen LogP contribution in [0.1, 0.15) is 12.1 Å². The van der Waals surface area contributed by atoms with E-state index in [1.165, 1.54) is 12.1 Å². The van der Waals surface area contributed by atoms with Crippen LogP contribution in [0.5, 0.6) is 0 Å². The molecule has 1 aliphatic heterocycles. The van der Waals surface area contributed by atoms with Gasteiger partial charge in [0.25, 0.3) is 0 Å². The molecule has 0 amide bonds. The first-order valence-corrected chi connectivity index (χ1v) is 6.18. The van der Waals surface area contributed by atoms with E-state index in [2.05, 4.69) is 4.98 Å². The summed E-state index contributed by atoms with van der Waals surface area (Å²) in [5.41, 5.74) is 1.78. The number of aliphatic carboxylic acids is 1. The number of fused-ring (bicyclic) bond motifs is 1. The van der Waals surface area contributed by atoms with Gasteiger partial charge >= 0.3 is 5.97 Å². The van der Waals surface area contributed by atoms with Crippen LogP contribution in [-0.2, 0) is 17.8 Å². The third kappa shape index (κ3) is 2.12. The van der Waals surface area contributed by atoms with E-state index in [9.17, 15) is 9.18 Å². The van der Waals surface area contributed by atoms with Gasteiger partial charge in [-0.3, -0.25) is 4.79 Å². The molecule has 0 saturated carbocycles. The van der Waals surface area contributed by atoms with Gasteiger partial charge in [-0.2, -0.15) is 0 Å². The fourth-order valence-electron chi connectivity index (χ4n) is 2.50. The third-order valence-electron chi connectivity index (χ3n) is 3.55. The van der Waals surface area contributed by atoms with Crippen molar-refractivity contribution in [3.63, 3.8) is 0 Å². The van der Waals surface area contributed by atoms with Crippen molar-refractivity contribution in [1.29, 1.82) is 0 Å². The quantitative estimate of drug-likeness (QED) is 0.901. The number of aromatic nitrogens is 2. The summed E-state index contributed by atoms with van der Waals surface area (Å²) in [7, 11) is 0. The van der Waals surface area contributed by atoms with Crippen LogP contribution in [0, 0.1) is 11.7 Å². The Kier molecular flexibility index (Phi) is 2.81. The van der Waals surface area contributed by atoms with Crippen molar-refractivity contribution >= 4 is 5.97 Å². The Bertz CT molecular complexity index is 619. The number of carboxylic acids is 1. The van der Waals surface area contributed by atoms with Crippen LogP contribution in [0.4, 0.5) is 4.39 Å². The summed E-state index contributed by atoms with van der Waals surface area (Å²) in [4.78, 5) is 15.3. The Morgan fingerprint density at radius 2 is 2.11 bits per heavy atom. The molecule has 2 heterocycles. The molecule has 1 atom stereocenters. The lowest BCUT2D eigenvalue weighted by atomic mass is 9.96. The maximum atomic E-state index is 12.9. The molecule has 1 aromatic carbocycles. The number of halogens is 1. The van der Waals surface area contributed by atoms with Crippen LogP contribution >= 0.6 is 0 Å². The van der Waals surface area contributed by atoms with Crippen LogP contribution in [0.25, 0.3) is 11.4 Å². The SMILES string of the molecule is O=C(O)C1CCn2c(cnc2-c2ccc(F)cc2)C1.